The monoisotopic (exact) mass is 787 g/mol. The van der Waals surface area contributed by atoms with Crippen molar-refractivity contribution >= 4 is 40.9 Å². The molecule has 5 aliphatic rings. The number of amides is 5. The predicted molar refractivity (Wildman–Crippen MR) is 213 cm³/mol. The molecule has 15 heteroatoms. The molecule has 4 aliphatic heterocycles. The average molecular weight is 788 g/mol. The van der Waals surface area contributed by atoms with Crippen LogP contribution < -0.4 is 25.2 Å². The second-order valence-corrected chi connectivity index (χ2v) is 17.4. The van der Waals surface area contributed by atoms with Crippen LogP contribution in [-0.2, 0) is 9.59 Å². The summed E-state index contributed by atoms with van der Waals surface area (Å²) in [5.74, 6) is -1.52. The van der Waals surface area contributed by atoms with Crippen molar-refractivity contribution in [3.8, 4) is 12.1 Å². The summed E-state index contributed by atoms with van der Waals surface area (Å²) < 4.78 is 6.16. The van der Waals surface area contributed by atoms with Gasteiger partial charge in [-0.1, -0.05) is 27.7 Å². The second-order valence-electron chi connectivity index (χ2n) is 17.4. The third-order valence-corrected chi connectivity index (χ3v) is 12.9. The normalized spacial score (nSPS) is 24.5. The van der Waals surface area contributed by atoms with Crippen LogP contribution in [-0.4, -0.2) is 113 Å². The molecule has 2 aromatic carbocycles. The first-order valence-corrected chi connectivity index (χ1v) is 20.1. The first-order chi connectivity index (χ1) is 27.7. The molecule has 1 unspecified atom stereocenters. The van der Waals surface area contributed by atoms with Crippen LogP contribution in [0.25, 0.3) is 0 Å². The Morgan fingerprint density at radius 3 is 2.10 bits per heavy atom. The zero-order valence-electron chi connectivity index (χ0n) is 33.4. The molecule has 1 aliphatic carbocycles. The Balaban J connectivity index is 0.788. The van der Waals surface area contributed by atoms with E-state index in [4.69, 9.17) is 10.00 Å². The summed E-state index contributed by atoms with van der Waals surface area (Å²) in [7, 11) is 0. The minimum absolute atomic E-state index is 0.0901. The lowest BCUT2D eigenvalue weighted by atomic mass is 9.49. The van der Waals surface area contributed by atoms with Crippen molar-refractivity contribution < 1.29 is 28.7 Å². The average Bonchev–Trinajstić information content (AvgIpc) is 3.47. The lowest BCUT2D eigenvalue weighted by Gasteiger charge is -2.62. The second kappa shape index (κ2) is 15.1. The van der Waals surface area contributed by atoms with E-state index in [1.54, 1.807) is 12.1 Å². The maximum atomic E-state index is 13.5. The largest absolute Gasteiger partial charge is 0.459 e. The topological polar surface area (TPSA) is 181 Å². The summed E-state index contributed by atoms with van der Waals surface area (Å²) in [4.78, 5) is 80.5. The van der Waals surface area contributed by atoms with Crippen LogP contribution in [0.2, 0.25) is 0 Å². The number of carbonyl (C=O) groups is 5. The Labute approximate surface area is 337 Å². The molecular weight excluding hydrogens is 739 g/mol. The van der Waals surface area contributed by atoms with Gasteiger partial charge in [-0.15, -0.1) is 0 Å². The van der Waals surface area contributed by atoms with Crippen LogP contribution in [0.4, 0.5) is 11.4 Å². The number of benzene rings is 2. The highest BCUT2D eigenvalue weighted by atomic mass is 16.5. The maximum absolute atomic E-state index is 13.5. The molecule has 15 nitrogen and oxygen atoms in total. The molecule has 302 valence electrons. The number of rotatable bonds is 9. The minimum Gasteiger partial charge on any atom is -0.459 e. The number of imide groups is 2. The fourth-order valence-corrected chi connectivity index (χ4v) is 9.96. The summed E-state index contributed by atoms with van der Waals surface area (Å²) >= 11 is 0. The Bertz CT molecular complexity index is 2150. The van der Waals surface area contributed by atoms with E-state index in [0.717, 1.165) is 74.9 Å². The molecule has 2 N–H and O–H groups in total. The lowest BCUT2D eigenvalue weighted by molar-refractivity contribution is -0.167. The number of fused-ring (bicyclic) bond motifs is 1. The molecule has 1 saturated carbocycles. The molecule has 4 fully saturated rings. The third-order valence-electron chi connectivity index (χ3n) is 12.9. The fourth-order valence-electron chi connectivity index (χ4n) is 9.96. The van der Waals surface area contributed by atoms with E-state index in [1.807, 2.05) is 36.4 Å². The third kappa shape index (κ3) is 7.14. The number of piperazine rings is 1. The molecule has 58 heavy (non-hydrogen) atoms. The standard InChI is InChI=1S/C43H49N9O6/c1-42(2)39(43(3,4)40(42)58-41-45-23-27(22-44)24-46-41)48-35(54)28-5-7-29(8-6-28)50-15-13-26(14-16-50)25-49-17-19-51(20-18-49)30-9-10-31-32(21-30)38(57)52(37(31)56)33-11-12-34(53)47-36(33)55/h5-10,21,23-24,26,33,39-40H,11-20,25H2,1-4H3,(H,48,54)(H,47,53,55)/t33?,39-,40-. The molecule has 1 atom stereocenters. The van der Waals surface area contributed by atoms with Crippen molar-refractivity contribution in [1.29, 1.82) is 5.26 Å². The number of nitrogens with one attached hydrogen (secondary N) is 2. The quantitative estimate of drug-likeness (QED) is 0.302. The van der Waals surface area contributed by atoms with Gasteiger partial charge >= 0.3 is 6.01 Å². The Morgan fingerprint density at radius 2 is 1.47 bits per heavy atom. The number of anilines is 2. The van der Waals surface area contributed by atoms with Gasteiger partial charge in [0.2, 0.25) is 11.8 Å². The SMILES string of the molecule is CC1(C)[C@H](NC(=O)c2ccc(N3CCC(CN4CCN(c5ccc6c(c5)C(=O)N(C5CCC(=O)NC5=O)C6=O)CC4)CC3)cc2)C(C)(C)[C@H]1Oc1ncc(C#N)cn1. The van der Waals surface area contributed by atoms with Crippen LogP contribution in [0.3, 0.4) is 0 Å². The van der Waals surface area contributed by atoms with Crippen molar-refractivity contribution in [2.75, 3.05) is 55.6 Å². The number of nitriles is 1. The molecule has 1 aromatic heterocycles. The minimum atomic E-state index is -0.975. The van der Waals surface area contributed by atoms with Gasteiger partial charge in [0.25, 0.3) is 17.7 Å². The van der Waals surface area contributed by atoms with Gasteiger partial charge in [-0.25, -0.2) is 9.97 Å². The number of hydrogen-bond acceptors (Lipinski definition) is 12. The van der Waals surface area contributed by atoms with Gasteiger partial charge in [0, 0.05) is 86.0 Å². The van der Waals surface area contributed by atoms with Gasteiger partial charge in [-0.05, 0) is 67.6 Å². The summed E-state index contributed by atoms with van der Waals surface area (Å²) in [6, 6.07) is 14.3. The van der Waals surface area contributed by atoms with Crippen LogP contribution in [0.15, 0.2) is 54.9 Å². The van der Waals surface area contributed by atoms with Crippen LogP contribution in [0, 0.1) is 28.1 Å². The van der Waals surface area contributed by atoms with Crippen molar-refractivity contribution in [2.24, 2.45) is 16.7 Å². The van der Waals surface area contributed by atoms with Crippen molar-refractivity contribution in [3.05, 3.63) is 77.1 Å². The number of ether oxygens (including phenoxy) is 1. The van der Waals surface area contributed by atoms with Gasteiger partial charge in [-0.2, -0.15) is 5.26 Å². The smallest absolute Gasteiger partial charge is 0.316 e. The number of carbonyl (C=O) groups excluding carboxylic acids is 5. The highest BCUT2D eigenvalue weighted by molar-refractivity contribution is 6.23. The van der Waals surface area contributed by atoms with Gasteiger partial charge in [0.1, 0.15) is 18.2 Å². The zero-order chi connectivity index (χ0) is 40.9. The molecule has 5 amide bonds. The summed E-state index contributed by atoms with van der Waals surface area (Å²) in [5.41, 5.74) is 2.80. The van der Waals surface area contributed by atoms with Gasteiger partial charge in [0.15, 0.2) is 0 Å². The van der Waals surface area contributed by atoms with Crippen LogP contribution in [0.5, 0.6) is 6.01 Å². The Kier molecular flexibility index (Phi) is 10.2. The molecule has 0 radical (unpaired) electrons. The van der Waals surface area contributed by atoms with Crippen LogP contribution >= 0.6 is 0 Å². The summed E-state index contributed by atoms with van der Waals surface area (Å²) in [6.45, 7) is 14.6. The maximum Gasteiger partial charge on any atom is 0.316 e. The number of aromatic nitrogens is 2. The van der Waals surface area contributed by atoms with E-state index in [9.17, 15) is 24.0 Å². The van der Waals surface area contributed by atoms with E-state index in [-0.39, 0.29) is 47.7 Å². The Hall–Kier alpha value is -5.88. The van der Waals surface area contributed by atoms with Crippen molar-refractivity contribution in [1.82, 2.24) is 30.4 Å². The predicted octanol–water partition coefficient (Wildman–Crippen LogP) is 3.40. The fraction of sp³-hybridized carbons (Fsp3) is 0.488. The highest BCUT2D eigenvalue weighted by Gasteiger charge is 2.64. The first-order valence-electron chi connectivity index (χ1n) is 20.1. The number of piperidine rings is 2. The van der Waals surface area contributed by atoms with Crippen molar-refractivity contribution in [2.45, 2.75) is 71.6 Å². The number of nitrogens with zero attached hydrogens (tertiary/aromatic N) is 7. The molecule has 3 saturated heterocycles. The van der Waals surface area contributed by atoms with Gasteiger partial charge < -0.3 is 19.9 Å². The molecule has 8 rings (SSSR count). The van der Waals surface area contributed by atoms with E-state index in [1.165, 1.54) is 12.4 Å². The summed E-state index contributed by atoms with van der Waals surface area (Å²) in [5, 5.41) is 14.5. The van der Waals surface area contributed by atoms with Gasteiger partial charge in [-0.3, -0.25) is 39.1 Å². The lowest BCUT2D eigenvalue weighted by Crippen LogP contribution is -2.74. The number of hydrogen-bond donors (Lipinski definition) is 2. The molecule has 3 aromatic rings. The summed E-state index contributed by atoms with van der Waals surface area (Å²) in [6.07, 6.45) is 5.02. The molecule has 0 spiro atoms. The zero-order valence-corrected chi connectivity index (χ0v) is 33.4. The van der Waals surface area contributed by atoms with Crippen molar-refractivity contribution in [3.63, 3.8) is 0 Å². The first kappa shape index (κ1) is 39.0. The van der Waals surface area contributed by atoms with E-state index < -0.39 is 29.7 Å². The molecular formula is C43H49N9O6. The molecule has 5 heterocycles. The van der Waals surface area contributed by atoms with E-state index in [0.29, 0.717) is 28.2 Å². The molecule has 0 bridgehead atoms. The van der Waals surface area contributed by atoms with Crippen LogP contribution in [0.1, 0.15) is 90.0 Å². The highest BCUT2D eigenvalue weighted by Crippen LogP contribution is 2.55. The van der Waals surface area contributed by atoms with E-state index in [2.05, 4.69) is 63.0 Å². The van der Waals surface area contributed by atoms with E-state index >= 15 is 0 Å². The Morgan fingerprint density at radius 1 is 0.845 bits per heavy atom. The van der Waals surface area contributed by atoms with Gasteiger partial charge in [0.05, 0.1) is 29.1 Å².